The van der Waals surface area contributed by atoms with Crippen LogP contribution >= 0.6 is 23.2 Å². The van der Waals surface area contributed by atoms with Gasteiger partial charge in [-0.05, 0) is 69.6 Å². The van der Waals surface area contributed by atoms with E-state index in [1.807, 2.05) is 24.1 Å². The van der Waals surface area contributed by atoms with Gasteiger partial charge in [-0.15, -0.1) is 0 Å². The number of imide groups is 2. The van der Waals surface area contributed by atoms with Crippen molar-refractivity contribution in [2.24, 2.45) is 0 Å². The number of hydrogen-bond donors (Lipinski definition) is 3. The van der Waals surface area contributed by atoms with Crippen LogP contribution in [0.4, 0.5) is 10.2 Å². The summed E-state index contributed by atoms with van der Waals surface area (Å²) in [5.41, 5.74) is 8.44. The molecule has 1 unspecified atom stereocenters. The highest BCUT2D eigenvalue weighted by Gasteiger charge is 2.44. The van der Waals surface area contributed by atoms with Crippen LogP contribution < -0.4 is 25.8 Å². The molecular weight excluding hydrogens is 822 g/mol. The number of aldehydes is 1. The number of rotatable bonds is 15. The molecule has 60 heavy (non-hydrogen) atoms. The van der Waals surface area contributed by atoms with Crippen LogP contribution in [0, 0.1) is 5.82 Å². The largest absolute Gasteiger partial charge is 0.486 e. The zero-order chi connectivity index (χ0) is 42.9. The van der Waals surface area contributed by atoms with Crippen LogP contribution in [-0.4, -0.2) is 114 Å². The van der Waals surface area contributed by atoms with Crippen molar-refractivity contribution in [3.8, 4) is 22.6 Å². The fraction of sp³-hybridized carbons (Fsp3) is 0.390. The zero-order valence-corrected chi connectivity index (χ0v) is 34.5. The summed E-state index contributed by atoms with van der Waals surface area (Å²) in [6.45, 7) is 6.90. The third kappa shape index (κ3) is 10.3. The number of fused-ring (bicyclic) bond motifs is 1. The number of likely N-dealkylation sites (tertiary alicyclic amines) is 1. The summed E-state index contributed by atoms with van der Waals surface area (Å²) < 4.78 is 32.8. The van der Waals surface area contributed by atoms with Gasteiger partial charge in [-0.25, -0.2) is 9.37 Å². The maximum Gasteiger partial charge on any atom is 0.262 e. The molecule has 4 amide bonds. The Morgan fingerprint density at radius 2 is 1.78 bits per heavy atom. The van der Waals surface area contributed by atoms with Gasteiger partial charge in [0.25, 0.3) is 11.8 Å². The molecule has 2 fully saturated rings. The molecule has 2 aromatic carbocycles. The van der Waals surface area contributed by atoms with Gasteiger partial charge in [-0.3, -0.25) is 38.9 Å². The molecule has 4 aromatic rings. The molecule has 5 heterocycles. The van der Waals surface area contributed by atoms with Crippen molar-refractivity contribution in [2.75, 3.05) is 58.8 Å². The first-order valence-corrected chi connectivity index (χ1v) is 20.1. The summed E-state index contributed by atoms with van der Waals surface area (Å²) >= 11 is 12.4. The van der Waals surface area contributed by atoms with Crippen molar-refractivity contribution in [2.45, 2.75) is 50.8 Å². The molecule has 16 nitrogen and oxygen atoms in total. The predicted octanol–water partition coefficient (Wildman–Crippen LogP) is 4.65. The van der Waals surface area contributed by atoms with Crippen LogP contribution in [0.5, 0.6) is 11.5 Å². The number of amides is 4. The highest BCUT2D eigenvalue weighted by atomic mass is 35.5. The number of nitrogen functional groups attached to an aromatic ring is 1. The highest BCUT2D eigenvalue weighted by Crippen LogP contribution is 2.37. The Morgan fingerprint density at radius 1 is 1.02 bits per heavy atom. The first kappa shape index (κ1) is 44.1. The van der Waals surface area contributed by atoms with Gasteiger partial charge < -0.3 is 30.2 Å². The summed E-state index contributed by atoms with van der Waals surface area (Å²) in [5.74, 6) is -1.99. The van der Waals surface area contributed by atoms with Crippen molar-refractivity contribution in [1.29, 1.82) is 0 Å². The Labute approximate surface area is 355 Å². The molecule has 7 rings (SSSR count). The Hall–Kier alpha value is -5.46. The summed E-state index contributed by atoms with van der Waals surface area (Å²) in [6, 6.07) is 8.07. The third-order valence-electron chi connectivity index (χ3n) is 10.3. The Bertz CT molecular complexity index is 2230. The molecule has 0 spiro atoms. The van der Waals surface area contributed by atoms with E-state index in [0.29, 0.717) is 28.7 Å². The minimum absolute atomic E-state index is 0.0670. The first-order chi connectivity index (χ1) is 28.9. The van der Waals surface area contributed by atoms with E-state index in [-0.39, 0.29) is 47.2 Å². The van der Waals surface area contributed by atoms with Crippen molar-refractivity contribution >= 4 is 58.9 Å². The molecule has 3 aliphatic rings. The Morgan fingerprint density at radius 3 is 2.52 bits per heavy atom. The smallest absolute Gasteiger partial charge is 0.262 e. The molecule has 2 aromatic heterocycles. The summed E-state index contributed by atoms with van der Waals surface area (Å²) in [6.07, 6.45) is 7.68. The van der Waals surface area contributed by atoms with Gasteiger partial charge in [-0.2, -0.15) is 5.10 Å². The lowest BCUT2D eigenvalue weighted by molar-refractivity contribution is -0.136. The minimum atomic E-state index is -1.00. The number of piperidine rings is 2. The molecule has 2 saturated heterocycles. The predicted molar refractivity (Wildman–Crippen MR) is 219 cm³/mol. The number of carbonyl (C=O) groups is 5. The van der Waals surface area contributed by atoms with Gasteiger partial charge in [-0.1, -0.05) is 23.2 Å². The Kier molecular flexibility index (Phi) is 14.8. The number of aromatic nitrogens is 3. The molecule has 19 heteroatoms. The van der Waals surface area contributed by atoms with E-state index in [1.165, 1.54) is 30.3 Å². The number of likely N-dealkylation sites (N-methyl/N-ethyl adjacent to an activating group) is 1. The second-order valence-corrected chi connectivity index (χ2v) is 15.0. The van der Waals surface area contributed by atoms with Crippen molar-refractivity contribution < 1.29 is 42.6 Å². The highest BCUT2D eigenvalue weighted by molar-refractivity contribution is 6.36. The molecule has 318 valence electrons. The van der Waals surface area contributed by atoms with E-state index >= 15 is 0 Å². The normalized spacial score (nSPS) is 17.5. The van der Waals surface area contributed by atoms with Crippen molar-refractivity contribution in [3.63, 3.8) is 0 Å². The maximum absolute atomic E-state index is 14.0. The van der Waals surface area contributed by atoms with E-state index in [2.05, 4.69) is 25.6 Å². The number of pyridine rings is 1. The van der Waals surface area contributed by atoms with Crippen molar-refractivity contribution in [3.05, 3.63) is 87.5 Å². The summed E-state index contributed by atoms with van der Waals surface area (Å²) in [5, 5.41) is 10.1. The average Bonchev–Trinajstić information content (AvgIpc) is 3.82. The van der Waals surface area contributed by atoms with E-state index in [1.54, 1.807) is 19.2 Å². The molecule has 0 bridgehead atoms. The van der Waals surface area contributed by atoms with E-state index < -0.39 is 41.6 Å². The molecule has 0 radical (unpaired) electrons. The quantitative estimate of drug-likeness (QED) is 0.0646. The van der Waals surface area contributed by atoms with Gasteiger partial charge in [0.05, 0.1) is 41.6 Å². The molecule has 2 atom stereocenters. The van der Waals surface area contributed by atoms with E-state index in [4.69, 9.17) is 43.1 Å². The topological polar surface area (TPSA) is 200 Å². The van der Waals surface area contributed by atoms with Crippen LogP contribution in [0.15, 0.2) is 55.0 Å². The van der Waals surface area contributed by atoms with Gasteiger partial charge in [0, 0.05) is 66.7 Å². The number of nitrogens with two attached hydrogens (primary N) is 1. The lowest BCUT2D eigenvalue weighted by atomic mass is 10.0. The van der Waals surface area contributed by atoms with Gasteiger partial charge >= 0.3 is 0 Å². The second kappa shape index (κ2) is 20.2. The van der Waals surface area contributed by atoms with Gasteiger partial charge in [0.15, 0.2) is 17.9 Å². The lowest BCUT2D eigenvalue weighted by Gasteiger charge is -2.31. The summed E-state index contributed by atoms with van der Waals surface area (Å²) in [4.78, 5) is 65.9. The second-order valence-electron chi connectivity index (χ2n) is 14.3. The first-order valence-electron chi connectivity index (χ1n) is 19.4. The van der Waals surface area contributed by atoms with Gasteiger partial charge in [0.1, 0.15) is 30.3 Å². The fourth-order valence-electron chi connectivity index (χ4n) is 7.11. The number of anilines is 1. The SMILES string of the molecule is CNCCOCCN1CCC(n2cc(-c3cnc(N)c(O[C@H](C)c4c(Cl)ccc(F)c4Cl)c3)cn2)CC1.O=CCOc1ccc2c(c1)C(=O)N(C1CCC(=O)NC1=O)C2=O. The number of halogens is 3. The third-order valence-corrected chi connectivity index (χ3v) is 11.0. The number of nitrogens with one attached hydrogen (secondary N) is 2. The van der Waals surface area contributed by atoms with Crippen LogP contribution in [0.2, 0.25) is 10.0 Å². The number of benzene rings is 2. The number of nitrogens with zero attached hydrogens (tertiary/aromatic N) is 5. The van der Waals surface area contributed by atoms with E-state index in [9.17, 15) is 28.4 Å². The fourth-order valence-corrected chi connectivity index (χ4v) is 7.78. The average molecular weight is 868 g/mol. The zero-order valence-electron chi connectivity index (χ0n) is 33.0. The molecule has 0 saturated carbocycles. The molecule has 0 aliphatic carbocycles. The minimum Gasteiger partial charge on any atom is -0.486 e. The number of ether oxygens (including phenoxy) is 3. The summed E-state index contributed by atoms with van der Waals surface area (Å²) in [7, 11) is 1.92. The van der Waals surface area contributed by atoms with E-state index in [0.717, 1.165) is 68.3 Å². The molecule has 4 N–H and O–H groups in total. The van der Waals surface area contributed by atoms with Gasteiger partial charge in [0.2, 0.25) is 11.8 Å². The molecular formula is C41H45Cl2FN8O8. The maximum atomic E-state index is 14.0. The standard InChI is InChI=1S/C26H33Cl2FN6O2.C15H12N2O6/c1-17(24-21(27)3-4-22(29)25(24)28)37-23-13-18(14-32-26(23)30)19-15-33-35(16-19)20-5-8-34(9-6-20)10-12-36-11-7-31-2;18-5-6-23-8-1-2-9-10(7-8)15(22)17(14(9)21)11-3-4-12(19)16-13(11)20/h3-4,13-17,20,31H,5-12H2,1-2H3,(H2,30,32);1-2,5,7,11H,3-4,6H2,(H,16,19,20)/t17-;/m1./s1. The van der Waals surface area contributed by atoms with Crippen LogP contribution in [0.1, 0.15) is 71.0 Å². The van der Waals surface area contributed by atoms with Crippen LogP contribution in [-0.2, 0) is 19.1 Å². The molecule has 3 aliphatic heterocycles. The number of hydrogen-bond acceptors (Lipinski definition) is 13. The van der Waals surface area contributed by atoms with Crippen molar-refractivity contribution in [1.82, 2.24) is 35.2 Å². The lowest BCUT2D eigenvalue weighted by Crippen LogP contribution is -2.54. The number of carbonyl (C=O) groups excluding carboxylic acids is 5. The van der Waals surface area contributed by atoms with Crippen LogP contribution in [0.25, 0.3) is 11.1 Å². The van der Waals surface area contributed by atoms with Crippen LogP contribution in [0.3, 0.4) is 0 Å². The Balaban J connectivity index is 0.000000224. The monoisotopic (exact) mass is 866 g/mol.